The fourth-order valence-corrected chi connectivity index (χ4v) is 5.49. The van der Waals surface area contributed by atoms with Crippen LogP contribution >= 0.6 is 11.6 Å². The number of nitrogens with one attached hydrogen (secondary N) is 2. The number of anilines is 3. The van der Waals surface area contributed by atoms with E-state index in [0.29, 0.717) is 17.1 Å². The highest BCUT2D eigenvalue weighted by molar-refractivity contribution is 7.86. The molecule has 1 aromatic heterocycles. The van der Waals surface area contributed by atoms with Crippen molar-refractivity contribution in [2.45, 2.75) is 16.7 Å². The highest BCUT2D eigenvalue weighted by Crippen LogP contribution is 2.30. The molecule has 15 nitrogen and oxygen atoms in total. The fraction of sp³-hybridized carbons (Fsp3) is 0.0312. The minimum atomic E-state index is -4.80. The monoisotopic (exact) mass is 731 g/mol. The maximum absolute atomic E-state index is 12.3. The second kappa shape index (κ2) is 15.2. The van der Waals surface area contributed by atoms with E-state index in [0.717, 1.165) is 29.0 Å². The van der Waals surface area contributed by atoms with E-state index in [1.54, 1.807) is 19.1 Å². The molecule has 0 bridgehead atoms. The van der Waals surface area contributed by atoms with Gasteiger partial charge in [0.05, 0.1) is 33.3 Å². The van der Waals surface area contributed by atoms with E-state index in [2.05, 4.69) is 52.6 Å². The zero-order valence-corrected chi connectivity index (χ0v) is 28.3. The Labute approximate surface area is 291 Å². The summed E-state index contributed by atoms with van der Waals surface area (Å²) in [6.07, 6.45) is 4.86. The van der Waals surface area contributed by atoms with Crippen LogP contribution in [-0.2, 0) is 20.2 Å². The molecule has 0 unspecified atom stereocenters. The third-order valence-corrected chi connectivity index (χ3v) is 8.48. The zero-order chi connectivity index (χ0) is 35.9. The molecule has 5 aromatic rings. The molecule has 0 fully saturated rings. The number of hydrogen-bond acceptors (Lipinski definition) is 13. The van der Waals surface area contributed by atoms with Crippen molar-refractivity contribution in [1.82, 2.24) is 15.0 Å². The van der Waals surface area contributed by atoms with Gasteiger partial charge < -0.3 is 10.6 Å². The van der Waals surface area contributed by atoms with Gasteiger partial charge in [-0.15, -0.1) is 0 Å². The van der Waals surface area contributed by atoms with Crippen molar-refractivity contribution < 1.29 is 25.9 Å². The lowest BCUT2D eigenvalue weighted by molar-refractivity contribution is 0.481. The second-order valence-electron chi connectivity index (χ2n) is 10.2. The number of azo groups is 2. The summed E-state index contributed by atoms with van der Waals surface area (Å²) in [5, 5.41) is 24.0. The summed E-state index contributed by atoms with van der Waals surface area (Å²) in [6, 6.07) is 22.2. The third kappa shape index (κ3) is 9.68. The average molecular weight is 732 g/mol. The molecular formula is C32H26ClN9O6S2. The number of aromatic nitrogens is 3. The van der Waals surface area contributed by atoms with E-state index < -0.39 is 25.1 Å². The smallest absolute Gasteiger partial charge is 0.296 e. The molecule has 0 aliphatic carbocycles. The molecule has 1 heterocycles. The molecule has 0 saturated heterocycles. The lowest BCUT2D eigenvalue weighted by Crippen LogP contribution is -2.08. The first kappa shape index (κ1) is 35.6. The van der Waals surface area contributed by atoms with E-state index in [1.807, 2.05) is 42.5 Å². The van der Waals surface area contributed by atoms with E-state index in [9.17, 15) is 21.4 Å². The number of rotatable bonds is 12. The van der Waals surface area contributed by atoms with Crippen LogP contribution in [0.2, 0.25) is 5.28 Å². The number of benzene rings is 4. The highest BCUT2D eigenvalue weighted by atomic mass is 35.5. The summed E-state index contributed by atoms with van der Waals surface area (Å²) >= 11 is 6.13. The molecule has 0 aliphatic heterocycles. The van der Waals surface area contributed by atoms with Gasteiger partial charge in [0, 0.05) is 5.70 Å². The Morgan fingerprint density at radius 2 is 1.40 bits per heavy atom. The predicted octanol–water partition coefficient (Wildman–Crippen LogP) is 8.50. The van der Waals surface area contributed by atoms with Crippen LogP contribution in [0.3, 0.4) is 0 Å². The highest BCUT2D eigenvalue weighted by Gasteiger charge is 2.18. The molecule has 50 heavy (non-hydrogen) atoms. The van der Waals surface area contributed by atoms with Crippen molar-refractivity contribution >= 4 is 77.3 Å². The average Bonchev–Trinajstić information content (AvgIpc) is 3.07. The maximum atomic E-state index is 12.3. The summed E-state index contributed by atoms with van der Waals surface area (Å²) < 4.78 is 66.0. The topological polar surface area (TPSA) is 221 Å². The second-order valence-corrected chi connectivity index (χ2v) is 13.3. The van der Waals surface area contributed by atoms with Crippen LogP contribution in [0.5, 0.6) is 0 Å². The maximum Gasteiger partial charge on any atom is 0.296 e. The van der Waals surface area contributed by atoms with Crippen LogP contribution in [0, 0.1) is 0 Å². The van der Waals surface area contributed by atoms with Crippen molar-refractivity contribution in [2.75, 3.05) is 10.6 Å². The van der Waals surface area contributed by atoms with E-state index in [1.165, 1.54) is 30.3 Å². The molecule has 0 aliphatic rings. The van der Waals surface area contributed by atoms with Crippen LogP contribution in [0.15, 0.2) is 151 Å². The van der Waals surface area contributed by atoms with Crippen LogP contribution in [0.25, 0.3) is 10.8 Å². The minimum absolute atomic E-state index is 0.0127. The van der Waals surface area contributed by atoms with Crippen molar-refractivity contribution in [3.8, 4) is 0 Å². The number of allylic oxidation sites excluding steroid dienone is 4. The molecule has 4 aromatic carbocycles. The molecule has 0 amide bonds. The van der Waals surface area contributed by atoms with E-state index >= 15 is 0 Å². The molecule has 4 N–H and O–H groups in total. The van der Waals surface area contributed by atoms with Crippen molar-refractivity contribution in [3.63, 3.8) is 0 Å². The van der Waals surface area contributed by atoms with Gasteiger partial charge in [0.1, 0.15) is 4.90 Å². The van der Waals surface area contributed by atoms with Crippen LogP contribution in [0.4, 0.5) is 34.6 Å². The van der Waals surface area contributed by atoms with Crippen LogP contribution < -0.4 is 10.6 Å². The Hall–Kier alpha value is -5.72. The molecule has 0 radical (unpaired) electrons. The third-order valence-electron chi connectivity index (χ3n) is 6.55. The lowest BCUT2D eigenvalue weighted by Gasteiger charge is -2.11. The van der Waals surface area contributed by atoms with E-state index in [4.69, 9.17) is 16.2 Å². The zero-order valence-electron chi connectivity index (χ0n) is 25.9. The quantitative estimate of drug-likeness (QED) is 0.0541. The number of fused-ring (bicyclic) bond motifs is 1. The van der Waals surface area contributed by atoms with Gasteiger partial charge in [-0.3, -0.25) is 9.11 Å². The van der Waals surface area contributed by atoms with Crippen LogP contribution in [-0.4, -0.2) is 40.9 Å². The van der Waals surface area contributed by atoms with E-state index in [-0.39, 0.29) is 39.1 Å². The normalized spacial score (nSPS) is 12.9. The molecular weight excluding hydrogens is 706 g/mol. The van der Waals surface area contributed by atoms with Gasteiger partial charge in [-0.25, -0.2) is 0 Å². The molecule has 18 heteroatoms. The number of hydrogen-bond donors (Lipinski definition) is 4. The summed E-state index contributed by atoms with van der Waals surface area (Å²) in [7, 11) is -9.19. The Kier molecular flexibility index (Phi) is 10.8. The summed E-state index contributed by atoms with van der Waals surface area (Å²) in [5.74, 6) is -0.175. The van der Waals surface area contributed by atoms with Gasteiger partial charge in [0.15, 0.2) is 0 Å². The Bertz CT molecular complexity index is 2430. The minimum Gasteiger partial charge on any atom is -0.324 e. The summed E-state index contributed by atoms with van der Waals surface area (Å²) in [4.78, 5) is 11.3. The lowest BCUT2D eigenvalue weighted by atomic mass is 10.1. The van der Waals surface area contributed by atoms with Gasteiger partial charge in [-0.05, 0) is 102 Å². The van der Waals surface area contributed by atoms with Crippen molar-refractivity contribution in [3.05, 3.63) is 126 Å². The molecule has 0 atom stereocenters. The molecule has 0 spiro atoms. The number of nitrogens with zero attached hydrogens (tertiary/aromatic N) is 7. The largest absolute Gasteiger partial charge is 0.324 e. The Morgan fingerprint density at radius 3 is 2.10 bits per heavy atom. The first-order valence-electron chi connectivity index (χ1n) is 14.2. The first-order valence-corrected chi connectivity index (χ1v) is 17.5. The standard InChI is InChI=1S/C32H26ClN9O6S2/c1-3-23(10-8-20(2)39-41-25-11-9-21-6-4-5-7-22(21)18-25)34-31-36-30(33)37-32(38-31)35-28-17-14-26(19-29(28)50(46,47)48)42-40-24-12-15-27(16-13-24)49(43,44)45/h3-19H,1H2,2H3,(H,43,44,45)(H,46,47,48)(H2,34,35,36,37,38)/b20-8+,23-10+,41-39?,42-40?. The first-order chi connectivity index (χ1) is 23.8. The molecule has 254 valence electrons. The molecule has 0 saturated carbocycles. The summed E-state index contributed by atoms with van der Waals surface area (Å²) in [6.45, 7) is 5.56. The van der Waals surface area contributed by atoms with Gasteiger partial charge >= 0.3 is 0 Å². The van der Waals surface area contributed by atoms with Gasteiger partial charge in [-0.1, -0.05) is 36.9 Å². The summed E-state index contributed by atoms with van der Waals surface area (Å²) in [5.41, 5.74) is 1.86. The Balaban J connectivity index is 1.31. The van der Waals surface area contributed by atoms with Gasteiger partial charge in [0.25, 0.3) is 20.2 Å². The molecule has 5 rings (SSSR count). The predicted molar refractivity (Wildman–Crippen MR) is 189 cm³/mol. The fourth-order valence-electron chi connectivity index (χ4n) is 4.18. The van der Waals surface area contributed by atoms with Crippen molar-refractivity contribution in [1.29, 1.82) is 0 Å². The van der Waals surface area contributed by atoms with Crippen LogP contribution in [0.1, 0.15) is 6.92 Å². The van der Waals surface area contributed by atoms with Gasteiger partial charge in [-0.2, -0.15) is 52.2 Å². The number of halogens is 1. The Morgan fingerprint density at radius 1 is 0.760 bits per heavy atom. The SMILES string of the molecule is C=C/C(=C\C=C(/C)N=Nc1ccc2ccccc2c1)Nc1nc(Cl)nc(Nc2ccc(N=Nc3ccc(S(=O)(=O)O)cc3)cc2S(=O)(=O)O)n1. The van der Waals surface area contributed by atoms with Gasteiger partial charge in [0.2, 0.25) is 17.2 Å². The van der Waals surface area contributed by atoms with Crippen molar-refractivity contribution in [2.24, 2.45) is 20.5 Å².